The Labute approximate surface area is 269 Å². The van der Waals surface area contributed by atoms with Gasteiger partial charge < -0.3 is 25.8 Å². The van der Waals surface area contributed by atoms with E-state index in [0.29, 0.717) is 35.6 Å². The number of aryl methyl sites for hydroxylation is 1. The Kier molecular flexibility index (Phi) is 7.45. The quantitative estimate of drug-likeness (QED) is 0.227. The number of rotatable bonds is 7. The smallest absolute Gasteiger partial charge is 0.249 e. The van der Waals surface area contributed by atoms with Crippen LogP contribution in [0.25, 0.3) is 22.3 Å². The fraction of sp³-hybridized carbons (Fsp3) is 0.417. The minimum Gasteiger partial charge on any atom is -0.366 e. The highest BCUT2D eigenvalue weighted by atomic mass is 16.2. The summed E-state index contributed by atoms with van der Waals surface area (Å²) < 4.78 is 2.06. The predicted octanol–water partition coefficient (Wildman–Crippen LogP) is 6.15. The van der Waals surface area contributed by atoms with E-state index in [4.69, 9.17) is 15.7 Å². The Morgan fingerprint density at radius 1 is 1.07 bits per heavy atom. The molecule has 0 spiro atoms. The topological polar surface area (TPSA) is 135 Å². The molecule has 3 amide bonds. The average Bonchev–Trinajstić information content (AvgIpc) is 3.48. The highest BCUT2D eigenvalue weighted by molar-refractivity contribution is 6.09. The lowest BCUT2D eigenvalue weighted by molar-refractivity contribution is -0.129. The summed E-state index contributed by atoms with van der Waals surface area (Å²) in [4.78, 5) is 50.2. The minimum absolute atomic E-state index is 0.00365. The van der Waals surface area contributed by atoms with Gasteiger partial charge in [0.2, 0.25) is 17.7 Å². The second-order valence-electron chi connectivity index (χ2n) is 14.6. The van der Waals surface area contributed by atoms with Crippen molar-refractivity contribution in [2.24, 2.45) is 11.1 Å². The summed E-state index contributed by atoms with van der Waals surface area (Å²) >= 11 is 0. The van der Waals surface area contributed by atoms with Gasteiger partial charge in [-0.3, -0.25) is 14.4 Å². The second kappa shape index (κ2) is 11.0. The molecule has 1 saturated carbocycles. The number of fused-ring (bicyclic) bond motifs is 2. The Hall–Kier alpha value is -4.73. The van der Waals surface area contributed by atoms with Crippen LogP contribution in [0.1, 0.15) is 88.8 Å². The first-order chi connectivity index (χ1) is 21.6. The molecule has 2 aliphatic rings. The highest BCUT2D eigenvalue weighted by Crippen LogP contribution is 2.47. The van der Waals surface area contributed by atoms with Gasteiger partial charge in [0.05, 0.1) is 23.0 Å². The molecule has 0 radical (unpaired) electrons. The third kappa shape index (κ3) is 5.29. The maximum atomic E-state index is 13.8. The van der Waals surface area contributed by atoms with E-state index in [0.717, 1.165) is 33.4 Å². The zero-order valence-corrected chi connectivity index (χ0v) is 27.9. The van der Waals surface area contributed by atoms with Crippen LogP contribution in [-0.4, -0.2) is 44.3 Å². The fourth-order valence-electron chi connectivity index (χ4n) is 6.41. The van der Waals surface area contributed by atoms with Gasteiger partial charge in [-0.25, -0.2) is 9.97 Å². The number of hydrogen-bond donors (Lipinski definition) is 3. The molecule has 46 heavy (non-hydrogen) atoms. The van der Waals surface area contributed by atoms with E-state index in [1.807, 2.05) is 83.1 Å². The van der Waals surface area contributed by atoms with Crippen molar-refractivity contribution in [3.05, 3.63) is 65.5 Å². The molecule has 0 bridgehead atoms. The van der Waals surface area contributed by atoms with Crippen LogP contribution in [0.4, 0.5) is 17.2 Å². The summed E-state index contributed by atoms with van der Waals surface area (Å²) in [6.07, 6.45) is 3.23. The van der Waals surface area contributed by atoms with E-state index in [1.165, 1.54) is 0 Å². The monoisotopic (exact) mass is 621 g/mol. The molecule has 6 rings (SSSR count). The molecule has 2 aromatic carbocycles. The average molecular weight is 622 g/mol. The number of primary amides is 1. The molecule has 10 nitrogen and oxygen atoms in total. The Balaban J connectivity index is 1.38. The summed E-state index contributed by atoms with van der Waals surface area (Å²) in [5.74, 6) is 0.197. The van der Waals surface area contributed by atoms with Crippen LogP contribution in [0.15, 0.2) is 48.8 Å². The van der Waals surface area contributed by atoms with Crippen molar-refractivity contribution in [1.82, 2.24) is 19.9 Å². The van der Waals surface area contributed by atoms with Crippen molar-refractivity contribution in [2.75, 3.05) is 10.2 Å². The van der Waals surface area contributed by atoms with Gasteiger partial charge in [-0.05, 0) is 82.9 Å². The van der Waals surface area contributed by atoms with Crippen molar-refractivity contribution >= 4 is 45.9 Å². The molecular formula is C36H43N7O3. The highest BCUT2D eigenvalue weighted by Gasteiger charge is 2.49. The summed E-state index contributed by atoms with van der Waals surface area (Å²) in [5.41, 5.74) is 11.5. The van der Waals surface area contributed by atoms with Gasteiger partial charge in [-0.2, -0.15) is 0 Å². The number of benzene rings is 2. The third-order valence-corrected chi connectivity index (χ3v) is 9.35. The van der Waals surface area contributed by atoms with Crippen LogP contribution in [0.3, 0.4) is 0 Å². The number of pyridine rings is 1. The molecule has 1 fully saturated rings. The first-order valence-corrected chi connectivity index (χ1v) is 15.9. The van der Waals surface area contributed by atoms with Crippen molar-refractivity contribution in [3.63, 3.8) is 0 Å². The third-order valence-electron chi connectivity index (χ3n) is 9.35. The number of nitrogens with one attached hydrogen (secondary N) is 2. The van der Waals surface area contributed by atoms with E-state index < -0.39 is 16.7 Å². The van der Waals surface area contributed by atoms with Crippen molar-refractivity contribution in [3.8, 4) is 11.3 Å². The van der Waals surface area contributed by atoms with Crippen LogP contribution in [0.5, 0.6) is 0 Å². The molecular weight excluding hydrogens is 578 g/mol. The molecule has 0 unspecified atom stereocenters. The lowest BCUT2D eigenvalue weighted by Crippen LogP contribution is -2.57. The zero-order chi connectivity index (χ0) is 33.3. The van der Waals surface area contributed by atoms with Crippen LogP contribution < -0.4 is 21.3 Å². The maximum Gasteiger partial charge on any atom is 0.249 e. The number of nitrogens with two attached hydrogens (primary N) is 1. The molecule has 240 valence electrons. The summed E-state index contributed by atoms with van der Waals surface area (Å²) in [7, 11) is 0. The van der Waals surface area contributed by atoms with E-state index in [2.05, 4.69) is 35.1 Å². The van der Waals surface area contributed by atoms with E-state index >= 15 is 0 Å². The standard InChI is InChI=1S/C36H43N7O3/c1-19(2)42-18-38-28-17-27(41-32(30(28)42)39-22-11-9-20(3)25(16-22)31(37)44)21-10-12-26-29(13-21)43(34(46)36(26,7)8)24-14-23(15-24)40-33(45)35(4,5)6/h9-13,16-19,23-24H,14-15H2,1-8H3,(H2,37,44)(H,39,41)(H,40,45)/t23-,24+. The Morgan fingerprint density at radius 2 is 1.78 bits per heavy atom. The molecule has 4 aromatic rings. The minimum atomic E-state index is -0.669. The van der Waals surface area contributed by atoms with Crippen LogP contribution in [0.2, 0.25) is 0 Å². The van der Waals surface area contributed by atoms with Crippen molar-refractivity contribution in [1.29, 1.82) is 0 Å². The van der Waals surface area contributed by atoms with Gasteiger partial charge in [0.25, 0.3) is 0 Å². The lowest BCUT2D eigenvalue weighted by atomic mass is 9.83. The van der Waals surface area contributed by atoms with E-state index in [9.17, 15) is 14.4 Å². The Morgan fingerprint density at radius 3 is 2.43 bits per heavy atom. The van der Waals surface area contributed by atoms with Gasteiger partial charge in [0.15, 0.2) is 5.82 Å². The van der Waals surface area contributed by atoms with Crippen LogP contribution >= 0.6 is 0 Å². The number of carbonyl (C=O) groups excluding carboxylic acids is 3. The second-order valence-corrected chi connectivity index (χ2v) is 14.6. The van der Waals surface area contributed by atoms with Gasteiger partial charge in [-0.15, -0.1) is 0 Å². The number of aromatic nitrogens is 3. The van der Waals surface area contributed by atoms with E-state index in [-0.39, 0.29) is 29.9 Å². The molecule has 3 heterocycles. The van der Waals surface area contributed by atoms with Crippen molar-refractivity contribution < 1.29 is 14.4 Å². The number of anilines is 3. The molecule has 1 aliphatic heterocycles. The first-order valence-electron chi connectivity index (χ1n) is 15.9. The summed E-state index contributed by atoms with van der Waals surface area (Å²) in [6.45, 7) is 15.7. The summed E-state index contributed by atoms with van der Waals surface area (Å²) in [5, 5.41) is 6.57. The predicted molar refractivity (Wildman–Crippen MR) is 181 cm³/mol. The zero-order valence-electron chi connectivity index (χ0n) is 27.9. The van der Waals surface area contributed by atoms with Gasteiger partial charge in [0, 0.05) is 46.0 Å². The largest absolute Gasteiger partial charge is 0.366 e. The summed E-state index contributed by atoms with van der Waals surface area (Å²) in [6, 6.07) is 13.8. The molecule has 1 aliphatic carbocycles. The molecule has 2 aromatic heterocycles. The molecule has 10 heteroatoms. The van der Waals surface area contributed by atoms with Crippen molar-refractivity contribution in [2.45, 2.75) is 91.8 Å². The van der Waals surface area contributed by atoms with Gasteiger partial charge >= 0.3 is 0 Å². The number of carbonyl (C=O) groups is 3. The van der Waals surface area contributed by atoms with Crippen LogP contribution in [0, 0.1) is 12.3 Å². The molecule has 4 N–H and O–H groups in total. The van der Waals surface area contributed by atoms with Crippen LogP contribution in [-0.2, 0) is 15.0 Å². The lowest BCUT2D eigenvalue weighted by Gasteiger charge is -2.43. The molecule has 0 atom stereocenters. The fourth-order valence-corrected chi connectivity index (χ4v) is 6.41. The number of hydrogen-bond acceptors (Lipinski definition) is 6. The SMILES string of the molecule is Cc1ccc(Nc2nc(-c3ccc4c(c3)N([C@H]3C[C@@H](NC(=O)C(C)(C)C)C3)C(=O)C4(C)C)cc3ncn(C(C)C)c23)cc1C(N)=O. The normalized spacial score (nSPS) is 18.9. The van der Waals surface area contributed by atoms with Gasteiger partial charge in [-0.1, -0.05) is 39.0 Å². The number of amides is 3. The van der Waals surface area contributed by atoms with E-state index in [1.54, 1.807) is 6.07 Å². The Bertz CT molecular complexity index is 1890. The first kappa shape index (κ1) is 31.3. The van der Waals surface area contributed by atoms with Gasteiger partial charge in [0.1, 0.15) is 5.52 Å². The maximum absolute atomic E-state index is 13.8. The molecule has 0 saturated heterocycles. The number of imidazole rings is 1. The number of nitrogens with zero attached hydrogens (tertiary/aromatic N) is 4.